The Morgan fingerprint density at radius 3 is 2.70 bits per heavy atom. The number of nitrogens with two attached hydrogens (primary N) is 1. The molecular formula is C20H19BrN4O2. The van der Waals surface area contributed by atoms with E-state index in [1.165, 1.54) is 0 Å². The molecule has 7 heteroatoms. The first-order valence-electron chi connectivity index (χ1n) is 8.47. The summed E-state index contributed by atoms with van der Waals surface area (Å²) in [4.78, 5) is 19.9. The van der Waals surface area contributed by atoms with Crippen LogP contribution in [-0.2, 0) is 0 Å². The Balaban J connectivity index is 1.51. The number of rotatable bonds is 8. The minimum absolute atomic E-state index is 0.448. The van der Waals surface area contributed by atoms with Crippen molar-refractivity contribution in [1.82, 2.24) is 9.97 Å². The Morgan fingerprint density at radius 1 is 1.15 bits per heavy atom. The Bertz CT molecular complexity index is 916. The molecule has 0 bridgehead atoms. The van der Waals surface area contributed by atoms with Crippen LogP contribution < -0.4 is 15.8 Å². The molecule has 138 valence electrons. The molecule has 6 nitrogen and oxygen atoms in total. The summed E-state index contributed by atoms with van der Waals surface area (Å²) in [5.41, 5.74) is 7.40. The lowest BCUT2D eigenvalue weighted by molar-refractivity contribution is 0.100. The standard InChI is InChI=1S/C20H19BrN4O2/c21-16-3-1-4-17(13-16)27-12-2-10-23-20-24-11-9-18(25-20)14-5-7-15(8-6-14)19(22)26/h1,3-9,11,13H,2,10,12H2,(H2,22,26)(H,23,24,25). The molecule has 3 N–H and O–H groups in total. The van der Waals surface area contributed by atoms with E-state index in [-0.39, 0.29) is 0 Å². The van der Waals surface area contributed by atoms with Crippen LogP contribution in [-0.4, -0.2) is 29.0 Å². The molecule has 0 atom stereocenters. The molecule has 1 aromatic heterocycles. The zero-order valence-electron chi connectivity index (χ0n) is 14.6. The second kappa shape index (κ2) is 9.14. The molecule has 0 aliphatic rings. The van der Waals surface area contributed by atoms with Crippen LogP contribution in [0.4, 0.5) is 5.95 Å². The lowest BCUT2D eigenvalue weighted by atomic mass is 10.1. The van der Waals surface area contributed by atoms with Crippen molar-refractivity contribution in [1.29, 1.82) is 0 Å². The maximum absolute atomic E-state index is 11.2. The van der Waals surface area contributed by atoms with E-state index in [1.54, 1.807) is 18.3 Å². The molecule has 0 fully saturated rings. The summed E-state index contributed by atoms with van der Waals surface area (Å²) in [7, 11) is 0. The van der Waals surface area contributed by atoms with E-state index in [0.717, 1.165) is 27.9 Å². The molecule has 3 rings (SSSR count). The van der Waals surface area contributed by atoms with Crippen LogP contribution in [0.2, 0.25) is 0 Å². The summed E-state index contributed by atoms with van der Waals surface area (Å²) >= 11 is 3.42. The third kappa shape index (κ3) is 5.52. The van der Waals surface area contributed by atoms with Crippen LogP contribution in [0.1, 0.15) is 16.8 Å². The van der Waals surface area contributed by atoms with Crippen LogP contribution in [0.25, 0.3) is 11.3 Å². The highest BCUT2D eigenvalue weighted by atomic mass is 79.9. The number of amides is 1. The monoisotopic (exact) mass is 426 g/mol. The van der Waals surface area contributed by atoms with E-state index in [2.05, 4.69) is 31.2 Å². The van der Waals surface area contributed by atoms with Gasteiger partial charge in [0.2, 0.25) is 11.9 Å². The summed E-state index contributed by atoms with van der Waals surface area (Å²) in [6, 6.07) is 16.6. The summed E-state index contributed by atoms with van der Waals surface area (Å²) in [6.45, 7) is 1.29. The van der Waals surface area contributed by atoms with Crippen molar-refractivity contribution in [3.63, 3.8) is 0 Å². The second-order valence-electron chi connectivity index (χ2n) is 5.79. The summed E-state index contributed by atoms with van der Waals surface area (Å²) in [5.74, 6) is 0.938. The average Bonchev–Trinajstić information content (AvgIpc) is 2.68. The topological polar surface area (TPSA) is 90.1 Å². The number of carbonyl (C=O) groups excluding carboxylic acids is 1. The van der Waals surface area contributed by atoms with E-state index in [4.69, 9.17) is 10.5 Å². The van der Waals surface area contributed by atoms with Gasteiger partial charge in [-0.05, 0) is 42.8 Å². The normalized spacial score (nSPS) is 10.4. The predicted octanol–water partition coefficient (Wildman–Crippen LogP) is 3.89. The number of benzene rings is 2. The fourth-order valence-corrected chi connectivity index (χ4v) is 2.81. The van der Waals surface area contributed by atoms with Gasteiger partial charge in [-0.3, -0.25) is 4.79 Å². The van der Waals surface area contributed by atoms with Gasteiger partial charge in [-0.1, -0.05) is 34.1 Å². The molecule has 27 heavy (non-hydrogen) atoms. The summed E-state index contributed by atoms with van der Waals surface area (Å²) in [5, 5.41) is 3.20. The highest BCUT2D eigenvalue weighted by Crippen LogP contribution is 2.19. The number of hydrogen-bond acceptors (Lipinski definition) is 5. The minimum atomic E-state index is -0.448. The van der Waals surface area contributed by atoms with Crippen molar-refractivity contribution < 1.29 is 9.53 Å². The largest absolute Gasteiger partial charge is 0.493 e. The predicted molar refractivity (Wildman–Crippen MR) is 109 cm³/mol. The van der Waals surface area contributed by atoms with Crippen molar-refractivity contribution >= 4 is 27.8 Å². The van der Waals surface area contributed by atoms with Gasteiger partial charge in [0.25, 0.3) is 0 Å². The van der Waals surface area contributed by atoms with Gasteiger partial charge in [0, 0.05) is 28.3 Å². The third-order valence-corrected chi connectivity index (χ3v) is 4.28. The zero-order valence-corrected chi connectivity index (χ0v) is 16.1. The molecule has 0 unspecified atom stereocenters. The highest BCUT2D eigenvalue weighted by Gasteiger charge is 2.04. The number of carbonyl (C=O) groups is 1. The van der Waals surface area contributed by atoms with Gasteiger partial charge in [-0.15, -0.1) is 0 Å². The van der Waals surface area contributed by atoms with Gasteiger partial charge >= 0.3 is 0 Å². The molecule has 0 aliphatic carbocycles. The van der Waals surface area contributed by atoms with Crippen LogP contribution in [0.15, 0.2) is 65.3 Å². The summed E-state index contributed by atoms with van der Waals surface area (Å²) < 4.78 is 6.69. The highest BCUT2D eigenvalue weighted by molar-refractivity contribution is 9.10. The average molecular weight is 427 g/mol. The van der Waals surface area contributed by atoms with Gasteiger partial charge in [-0.25, -0.2) is 9.97 Å². The first-order chi connectivity index (χ1) is 13.1. The number of nitrogens with one attached hydrogen (secondary N) is 1. The maximum atomic E-state index is 11.2. The van der Waals surface area contributed by atoms with Gasteiger partial charge in [0.15, 0.2) is 0 Å². The quantitative estimate of drug-likeness (QED) is 0.533. The number of hydrogen-bond donors (Lipinski definition) is 2. The molecule has 1 heterocycles. The van der Waals surface area contributed by atoms with Crippen molar-refractivity contribution in [2.75, 3.05) is 18.5 Å². The SMILES string of the molecule is NC(=O)c1ccc(-c2ccnc(NCCCOc3cccc(Br)c3)n2)cc1. The number of anilines is 1. The van der Waals surface area contributed by atoms with E-state index in [9.17, 15) is 4.79 Å². The molecule has 1 amide bonds. The van der Waals surface area contributed by atoms with Crippen molar-refractivity contribution in [2.45, 2.75) is 6.42 Å². The van der Waals surface area contributed by atoms with Gasteiger partial charge < -0.3 is 15.8 Å². The number of halogens is 1. The van der Waals surface area contributed by atoms with Gasteiger partial charge in [0.1, 0.15) is 5.75 Å². The van der Waals surface area contributed by atoms with Crippen LogP contribution >= 0.6 is 15.9 Å². The molecule has 0 saturated carbocycles. The van der Waals surface area contributed by atoms with Gasteiger partial charge in [0.05, 0.1) is 12.3 Å². The first kappa shape index (κ1) is 18.8. The molecule has 0 spiro atoms. The smallest absolute Gasteiger partial charge is 0.248 e. The van der Waals surface area contributed by atoms with E-state index in [0.29, 0.717) is 24.7 Å². The van der Waals surface area contributed by atoms with E-state index >= 15 is 0 Å². The lowest BCUT2D eigenvalue weighted by Crippen LogP contribution is -2.10. The van der Waals surface area contributed by atoms with Crippen molar-refractivity contribution in [3.05, 3.63) is 70.8 Å². The third-order valence-electron chi connectivity index (χ3n) is 3.79. The van der Waals surface area contributed by atoms with E-state index in [1.807, 2.05) is 42.5 Å². The Labute approximate surface area is 165 Å². The van der Waals surface area contributed by atoms with Crippen molar-refractivity contribution in [2.24, 2.45) is 5.73 Å². The minimum Gasteiger partial charge on any atom is -0.493 e. The number of nitrogens with zero attached hydrogens (tertiary/aromatic N) is 2. The lowest BCUT2D eigenvalue weighted by Gasteiger charge is -2.08. The van der Waals surface area contributed by atoms with Crippen molar-refractivity contribution in [3.8, 4) is 17.0 Å². The Morgan fingerprint density at radius 2 is 1.96 bits per heavy atom. The Hall–Kier alpha value is -2.93. The van der Waals surface area contributed by atoms with Crippen LogP contribution in [0.3, 0.4) is 0 Å². The molecule has 0 aliphatic heterocycles. The Kier molecular flexibility index (Phi) is 6.38. The fraction of sp³-hybridized carbons (Fsp3) is 0.150. The molecule has 0 saturated heterocycles. The number of primary amides is 1. The number of ether oxygens (including phenoxy) is 1. The summed E-state index contributed by atoms with van der Waals surface area (Å²) in [6.07, 6.45) is 2.51. The maximum Gasteiger partial charge on any atom is 0.248 e. The zero-order chi connectivity index (χ0) is 19.1. The molecule has 3 aromatic rings. The molecule has 2 aromatic carbocycles. The van der Waals surface area contributed by atoms with Crippen LogP contribution in [0.5, 0.6) is 5.75 Å². The first-order valence-corrected chi connectivity index (χ1v) is 9.26. The molecule has 0 radical (unpaired) electrons. The fourth-order valence-electron chi connectivity index (χ4n) is 2.43. The number of aromatic nitrogens is 2. The van der Waals surface area contributed by atoms with Crippen LogP contribution in [0, 0.1) is 0 Å². The second-order valence-corrected chi connectivity index (χ2v) is 6.71. The van der Waals surface area contributed by atoms with E-state index < -0.39 is 5.91 Å². The molecular weight excluding hydrogens is 408 g/mol. The van der Waals surface area contributed by atoms with Gasteiger partial charge in [-0.2, -0.15) is 0 Å².